The van der Waals surface area contributed by atoms with Crippen molar-refractivity contribution in [3.8, 4) is 0 Å². The highest BCUT2D eigenvalue weighted by Crippen LogP contribution is 2.37. The highest BCUT2D eigenvalue weighted by atomic mass is 19.4. The third-order valence-corrected chi connectivity index (χ3v) is 5.38. The van der Waals surface area contributed by atoms with Crippen LogP contribution in [0.1, 0.15) is 42.1 Å². The second-order valence-corrected chi connectivity index (χ2v) is 8.11. The highest BCUT2D eigenvalue weighted by Gasteiger charge is 2.37. The summed E-state index contributed by atoms with van der Waals surface area (Å²) in [5.74, 6) is 0. The molecule has 0 saturated carbocycles. The number of carbonyl (C=O) groups excluding carboxylic acids is 1. The summed E-state index contributed by atoms with van der Waals surface area (Å²) in [6.45, 7) is 2.88. The Hall–Kier alpha value is -3.43. The molecular formula is C25H25F6N3O. The van der Waals surface area contributed by atoms with Crippen molar-refractivity contribution in [3.63, 3.8) is 0 Å². The van der Waals surface area contributed by atoms with E-state index in [0.717, 1.165) is 17.7 Å². The molecule has 1 heterocycles. The van der Waals surface area contributed by atoms with E-state index in [1.54, 1.807) is 0 Å². The molecule has 0 atom stereocenters. The van der Waals surface area contributed by atoms with Crippen LogP contribution in [0.5, 0.6) is 0 Å². The number of nitrogens with zero attached hydrogens (tertiary/aromatic N) is 2. The van der Waals surface area contributed by atoms with Gasteiger partial charge < -0.3 is 14.8 Å². The van der Waals surface area contributed by atoms with Gasteiger partial charge in [-0.2, -0.15) is 26.3 Å². The van der Waals surface area contributed by atoms with Crippen LogP contribution in [-0.2, 0) is 25.4 Å². The Labute approximate surface area is 199 Å². The molecule has 3 aromatic rings. The minimum atomic E-state index is -5.00. The lowest BCUT2D eigenvalue weighted by atomic mass is 10.1. The predicted octanol–water partition coefficient (Wildman–Crippen LogP) is 7.41. The number of urea groups is 1. The van der Waals surface area contributed by atoms with Crippen LogP contribution in [0.15, 0.2) is 66.9 Å². The maximum atomic E-state index is 13.2. The Balaban J connectivity index is 1.84. The Kier molecular flexibility index (Phi) is 8.14. The molecule has 0 aliphatic carbocycles. The number of hydrogen-bond donors (Lipinski definition) is 1. The van der Waals surface area contributed by atoms with Crippen LogP contribution >= 0.6 is 0 Å². The van der Waals surface area contributed by atoms with Crippen LogP contribution in [0.3, 0.4) is 0 Å². The lowest BCUT2D eigenvalue weighted by molar-refractivity contribution is -0.143. The van der Waals surface area contributed by atoms with Crippen molar-refractivity contribution in [1.82, 2.24) is 9.47 Å². The molecular weight excluding hydrogens is 472 g/mol. The molecule has 1 aromatic heterocycles. The van der Waals surface area contributed by atoms with E-state index in [0.29, 0.717) is 25.1 Å². The lowest BCUT2D eigenvalue weighted by Crippen LogP contribution is -2.36. The van der Waals surface area contributed by atoms with Crippen LogP contribution < -0.4 is 5.32 Å². The van der Waals surface area contributed by atoms with E-state index in [-0.39, 0.29) is 19.2 Å². The van der Waals surface area contributed by atoms with Crippen molar-refractivity contribution in [3.05, 3.63) is 89.2 Å². The molecule has 2 amide bonds. The van der Waals surface area contributed by atoms with Gasteiger partial charge in [0.25, 0.3) is 0 Å². The molecule has 3 rings (SSSR count). The third kappa shape index (κ3) is 7.27. The second-order valence-electron chi connectivity index (χ2n) is 8.11. The van der Waals surface area contributed by atoms with Gasteiger partial charge in [-0.3, -0.25) is 0 Å². The molecule has 0 aliphatic rings. The van der Waals surface area contributed by atoms with Crippen molar-refractivity contribution in [2.75, 3.05) is 11.9 Å². The zero-order valence-corrected chi connectivity index (χ0v) is 19.0. The average Bonchev–Trinajstić information content (AvgIpc) is 3.22. The van der Waals surface area contributed by atoms with Crippen LogP contribution in [0.2, 0.25) is 0 Å². The Bertz CT molecular complexity index is 1090. The van der Waals surface area contributed by atoms with E-state index in [9.17, 15) is 31.1 Å². The summed E-state index contributed by atoms with van der Waals surface area (Å²) in [5.41, 5.74) is -1.73. The van der Waals surface area contributed by atoms with Gasteiger partial charge in [-0.25, -0.2) is 4.79 Å². The van der Waals surface area contributed by atoms with Crippen LogP contribution in [0.25, 0.3) is 0 Å². The fourth-order valence-electron chi connectivity index (χ4n) is 3.55. The molecule has 10 heteroatoms. The summed E-state index contributed by atoms with van der Waals surface area (Å²) in [6.07, 6.45) is -6.79. The van der Waals surface area contributed by atoms with Gasteiger partial charge in [0.15, 0.2) is 0 Å². The number of halogens is 6. The van der Waals surface area contributed by atoms with Gasteiger partial charge in [0.2, 0.25) is 0 Å². The van der Waals surface area contributed by atoms with Gasteiger partial charge in [0, 0.05) is 30.7 Å². The molecule has 0 fully saturated rings. The van der Waals surface area contributed by atoms with Crippen molar-refractivity contribution < 1.29 is 31.1 Å². The highest BCUT2D eigenvalue weighted by molar-refractivity contribution is 5.89. The number of alkyl halides is 6. The smallest absolute Gasteiger partial charge is 0.345 e. The van der Waals surface area contributed by atoms with E-state index in [1.165, 1.54) is 4.90 Å². The first kappa shape index (κ1) is 26.2. The molecule has 0 bridgehead atoms. The number of carbonyl (C=O) groups is 1. The predicted molar refractivity (Wildman–Crippen MR) is 121 cm³/mol. The van der Waals surface area contributed by atoms with Crippen molar-refractivity contribution in [2.45, 2.75) is 45.2 Å². The maximum Gasteiger partial charge on any atom is 0.416 e. The fourth-order valence-corrected chi connectivity index (χ4v) is 3.55. The minimum absolute atomic E-state index is 0.0287. The summed E-state index contributed by atoms with van der Waals surface area (Å²) in [4.78, 5) is 14.4. The number of rotatable bonds is 8. The molecule has 35 heavy (non-hydrogen) atoms. The largest absolute Gasteiger partial charge is 0.416 e. The van der Waals surface area contributed by atoms with Crippen LogP contribution in [-0.4, -0.2) is 22.0 Å². The SMILES string of the molecule is CCCCN(Cc1cccn1Cc1ccccc1)C(=O)Nc1cc(C(F)(F)F)cc(C(F)(F)F)c1. The molecule has 0 unspecified atom stereocenters. The zero-order valence-electron chi connectivity index (χ0n) is 19.0. The van der Waals surface area contributed by atoms with Gasteiger partial charge in [0.1, 0.15) is 0 Å². The van der Waals surface area contributed by atoms with Crippen molar-refractivity contribution >= 4 is 11.7 Å². The fraction of sp³-hybridized carbons (Fsp3) is 0.320. The summed E-state index contributed by atoms with van der Waals surface area (Å²) in [5, 5.41) is 2.24. The number of benzene rings is 2. The van der Waals surface area contributed by atoms with Gasteiger partial charge >= 0.3 is 18.4 Å². The molecule has 2 aromatic carbocycles. The number of amides is 2. The van der Waals surface area contributed by atoms with Crippen LogP contribution in [0.4, 0.5) is 36.8 Å². The normalized spacial score (nSPS) is 12.0. The van der Waals surface area contributed by atoms with Crippen molar-refractivity contribution in [2.24, 2.45) is 0 Å². The first-order valence-electron chi connectivity index (χ1n) is 11.0. The van der Waals surface area contributed by atoms with Crippen LogP contribution in [0, 0.1) is 0 Å². The Morgan fingerprint density at radius 1 is 0.914 bits per heavy atom. The van der Waals surface area contributed by atoms with E-state index in [1.807, 2.05) is 60.2 Å². The molecule has 0 radical (unpaired) electrons. The lowest BCUT2D eigenvalue weighted by Gasteiger charge is -2.24. The summed E-state index contributed by atoms with van der Waals surface area (Å²) < 4.78 is 81.0. The molecule has 188 valence electrons. The minimum Gasteiger partial charge on any atom is -0.345 e. The molecule has 1 N–H and O–H groups in total. The Morgan fingerprint density at radius 3 is 2.11 bits per heavy atom. The standard InChI is InChI=1S/C25H25F6N3O/c1-2-3-11-34(17-22-10-7-12-33(22)16-18-8-5-4-6-9-18)23(35)32-21-14-19(24(26,27)28)13-20(15-21)25(29,30)31/h4-10,12-15H,2-3,11,16-17H2,1H3,(H,32,35). The van der Waals surface area contributed by atoms with Gasteiger partial charge in [0.05, 0.1) is 17.7 Å². The first-order chi connectivity index (χ1) is 16.5. The van der Waals surface area contributed by atoms with E-state index in [2.05, 4.69) is 5.32 Å². The van der Waals surface area contributed by atoms with Crippen molar-refractivity contribution in [1.29, 1.82) is 0 Å². The quantitative estimate of drug-likeness (QED) is 0.323. The monoisotopic (exact) mass is 497 g/mol. The molecule has 0 aliphatic heterocycles. The van der Waals surface area contributed by atoms with Gasteiger partial charge in [-0.05, 0) is 42.3 Å². The summed E-state index contributed by atoms with van der Waals surface area (Å²) in [6, 6.07) is 13.5. The van der Waals surface area contributed by atoms with Gasteiger partial charge in [-0.15, -0.1) is 0 Å². The number of aromatic nitrogens is 1. The van der Waals surface area contributed by atoms with E-state index in [4.69, 9.17) is 0 Å². The van der Waals surface area contributed by atoms with E-state index >= 15 is 0 Å². The zero-order chi connectivity index (χ0) is 25.6. The third-order valence-electron chi connectivity index (χ3n) is 5.38. The van der Waals surface area contributed by atoms with E-state index < -0.39 is 35.2 Å². The average molecular weight is 497 g/mol. The maximum absolute atomic E-state index is 13.2. The number of unbranched alkanes of at least 4 members (excludes halogenated alkanes) is 1. The number of anilines is 1. The molecule has 0 spiro atoms. The first-order valence-corrected chi connectivity index (χ1v) is 11.0. The molecule has 4 nitrogen and oxygen atoms in total. The second kappa shape index (κ2) is 10.9. The van der Waals surface area contributed by atoms with Gasteiger partial charge in [-0.1, -0.05) is 43.7 Å². The number of hydrogen-bond acceptors (Lipinski definition) is 1. The summed E-state index contributed by atoms with van der Waals surface area (Å²) in [7, 11) is 0. The molecule has 0 saturated heterocycles. The number of nitrogens with one attached hydrogen (secondary N) is 1. The Morgan fingerprint density at radius 2 is 1.54 bits per heavy atom. The summed E-state index contributed by atoms with van der Waals surface area (Å²) >= 11 is 0. The topological polar surface area (TPSA) is 37.3 Å².